The van der Waals surface area contributed by atoms with Crippen LogP contribution in [-0.4, -0.2) is 17.6 Å². The van der Waals surface area contributed by atoms with Crippen LogP contribution < -0.4 is 10.5 Å². The van der Waals surface area contributed by atoms with Crippen LogP contribution in [0.1, 0.15) is 11.4 Å². The number of ether oxygens (including phenoxy) is 2. The van der Waals surface area contributed by atoms with E-state index < -0.39 is 0 Å². The van der Waals surface area contributed by atoms with Gasteiger partial charge >= 0.3 is 5.97 Å². The zero-order chi connectivity index (χ0) is 13.5. The van der Waals surface area contributed by atoms with Gasteiger partial charge < -0.3 is 15.2 Å². The normalized spacial score (nSPS) is 10.1. The highest BCUT2D eigenvalue weighted by Gasteiger charge is 2.05. The summed E-state index contributed by atoms with van der Waals surface area (Å²) >= 11 is 1.45. The smallest absolute Gasteiger partial charge is 0.309 e. The highest BCUT2D eigenvalue weighted by molar-refractivity contribution is 7.09. The standard InChI is InChI=1S/C13H14N2O3S/c14-10-2-1-3-11(8-10)17-6-4-13(16)18-9-12-15-5-7-19-12/h1-3,5,7-8H,4,6,9,14H2. The molecule has 0 fully saturated rings. The minimum atomic E-state index is -0.306. The minimum Gasteiger partial charge on any atom is -0.493 e. The zero-order valence-corrected chi connectivity index (χ0v) is 11.1. The second-order valence-electron chi connectivity index (χ2n) is 3.76. The number of thiazole rings is 1. The van der Waals surface area contributed by atoms with Crippen molar-refractivity contribution in [3.63, 3.8) is 0 Å². The first kappa shape index (κ1) is 13.4. The Morgan fingerprint density at radius 2 is 2.32 bits per heavy atom. The number of carbonyl (C=O) groups excluding carboxylic acids is 1. The van der Waals surface area contributed by atoms with Crippen LogP contribution in [0.3, 0.4) is 0 Å². The molecule has 6 heteroatoms. The van der Waals surface area contributed by atoms with Gasteiger partial charge in [0, 0.05) is 23.3 Å². The van der Waals surface area contributed by atoms with Crippen LogP contribution in [0.2, 0.25) is 0 Å². The highest BCUT2D eigenvalue weighted by Crippen LogP contribution is 2.14. The number of nitrogens with zero attached hydrogens (tertiary/aromatic N) is 1. The van der Waals surface area contributed by atoms with Crippen LogP contribution in [0.15, 0.2) is 35.8 Å². The maximum Gasteiger partial charge on any atom is 0.309 e. The van der Waals surface area contributed by atoms with Crippen molar-refractivity contribution in [3.8, 4) is 5.75 Å². The van der Waals surface area contributed by atoms with E-state index in [0.29, 0.717) is 11.4 Å². The Bertz CT molecular complexity index is 528. The Morgan fingerprint density at radius 1 is 1.42 bits per heavy atom. The number of nitrogen functional groups attached to an aromatic ring is 1. The van der Waals surface area contributed by atoms with E-state index in [1.807, 2.05) is 5.38 Å². The summed E-state index contributed by atoms with van der Waals surface area (Å²) in [5.41, 5.74) is 6.24. The second-order valence-corrected chi connectivity index (χ2v) is 4.74. The summed E-state index contributed by atoms with van der Waals surface area (Å²) in [6.45, 7) is 0.481. The van der Waals surface area contributed by atoms with Crippen LogP contribution in [0.4, 0.5) is 5.69 Å². The third-order valence-electron chi connectivity index (χ3n) is 2.27. The van der Waals surface area contributed by atoms with E-state index >= 15 is 0 Å². The van der Waals surface area contributed by atoms with Gasteiger partial charge in [0.15, 0.2) is 0 Å². The Kier molecular flexibility index (Phi) is 4.74. The molecule has 2 aromatic rings. The van der Waals surface area contributed by atoms with Gasteiger partial charge in [-0.1, -0.05) is 6.07 Å². The second kappa shape index (κ2) is 6.75. The Morgan fingerprint density at radius 3 is 3.05 bits per heavy atom. The molecule has 0 saturated carbocycles. The zero-order valence-electron chi connectivity index (χ0n) is 10.2. The topological polar surface area (TPSA) is 74.4 Å². The molecule has 1 aromatic heterocycles. The molecule has 1 aromatic carbocycles. The Labute approximate surface area is 115 Å². The van der Waals surface area contributed by atoms with Crippen molar-refractivity contribution in [2.75, 3.05) is 12.3 Å². The number of anilines is 1. The van der Waals surface area contributed by atoms with Crippen molar-refractivity contribution >= 4 is 23.0 Å². The first-order valence-electron chi connectivity index (χ1n) is 5.76. The van der Waals surface area contributed by atoms with Crippen molar-refractivity contribution < 1.29 is 14.3 Å². The molecular weight excluding hydrogens is 264 g/mol. The molecule has 2 N–H and O–H groups in total. The molecule has 100 valence electrons. The van der Waals surface area contributed by atoms with E-state index in [2.05, 4.69) is 4.98 Å². The van der Waals surface area contributed by atoms with Crippen LogP contribution in [0, 0.1) is 0 Å². The van der Waals surface area contributed by atoms with Gasteiger partial charge in [-0.05, 0) is 12.1 Å². The van der Waals surface area contributed by atoms with E-state index in [1.54, 1.807) is 30.5 Å². The summed E-state index contributed by atoms with van der Waals surface area (Å²) in [6, 6.07) is 7.07. The fourth-order valence-electron chi connectivity index (χ4n) is 1.40. The number of esters is 1. The monoisotopic (exact) mass is 278 g/mol. The third kappa shape index (κ3) is 4.59. The number of hydrogen-bond acceptors (Lipinski definition) is 6. The van der Waals surface area contributed by atoms with Crippen LogP contribution in [-0.2, 0) is 16.1 Å². The quantitative estimate of drug-likeness (QED) is 0.648. The maximum absolute atomic E-state index is 11.4. The molecule has 0 saturated heterocycles. The third-order valence-corrected chi connectivity index (χ3v) is 3.03. The van der Waals surface area contributed by atoms with Gasteiger partial charge in [-0.25, -0.2) is 4.98 Å². The molecule has 5 nitrogen and oxygen atoms in total. The summed E-state index contributed by atoms with van der Waals surface area (Å²) < 4.78 is 10.5. The van der Waals surface area contributed by atoms with Crippen molar-refractivity contribution in [2.45, 2.75) is 13.0 Å². The van der Waals surface area contributed by atoms with Crippen LogP contribution in [0.25, 0.3) is 0 Å². The number of rotatable bonds is 6. The molecule has 1 heterocycles. The Balaban J connectivity index is 1.66. The van der Waals surface area contributed by atoms with Crippen molar-refractivity contribution in [3.05, 3.63) is 40.8 Å². The lowest BCUT2D eigenvalue weighted by atomic mass is 10.3. The fraction of sp³-hybridized carbons (Fsp3) is 0.231. The number of hydrogen-bond donors (Lipinski definition) is 1. The summed E-state index contributed by atoms with van der Waals surface area (Å²) in [5, 5.41) is 2.62. The van der Waals surface area contributed by atoms with Gasteiger partial charge in [-0.15, -0.1) is 11.3 Å². The van der Waals surface area contributed by atoms with Crippen LogP contribution >= 0.6 is 11.3 Å². The van der Waals surface area contributed by atoms with Gasteiger partial charge in [0.25, 0.3) is 0 Å². The van der Waals surface area contributed by atoms with Crippen molar-refractivity contribution in [2.24, 2.45) is 0 Å². The number of carbonyl (C=O) groups is 1. The molecule has 0 amide bonds. The molecule has 0 aliphatic heterocycles. The predicted molar refractivity (Wildman–Crippen MR) is 72.9 cm³/mol. The van der Waals surface area contributed by atoms with Gasteiger partial charge in [0.2, 0.25) is 0 Å². The molecule has 0 radical (unpaired) electrons. The minimum absolute atomic E-state index is 0.195. The summed E-state index contributed by atoms with van der Waals surface area (Å²) in [4.78, 5) is 15.5. The molecule has 0 atom stereocenters. The average Bonchev–Trinajstić information content (AvgIpc) is 2.89. The SMILES string of the molecule is Nc1cccc(OCCC(=O)OCc2nccs2)c1. The van der Waals surface area contributed by atoms with Gasteiger partial charge in [-0.3, -0.25) is 4.79 Å². The average molecular weight is 278 g/mol. The molecule has 2 rings (SSSR count). The van der Waals surface area contributed by atoms with Crippen molar-refractivity contribution in [1.29, 1.82) is 0 Å². The lowest BCUT2D eigenvalue weighted by Gasteiger charge is -2.06. The molecule has 0 aliphatic carbocycles. The Hall–Kier alpha value is -2.08. The molecule has 0 unspecified atom stereocenters. The summed E-state index contributed by atoms with van der Waals surface area (Å²) in [5.74, 6) is 0.340. The maximum atomic E-state index is 11.4. The van der Waals surface area contributed by atoms with Crippen molar-refractivity contribution in [1.82, 2.24) is 4.98 Å². The molecule has 19 heavy (non-hydrogen) atoms. The van der Waals surface area contributed by atoms with Crippen LogP contribution in [0.5, 0.6) is 5.75 Å². The molecule has 0 aliphatic rings. The number of benzene rings is 1. The first-order valence-corrected chi connectivity index (χ1v) is 6.64. The number of aromatic nitrogens is 1. The highest BCUT2D eigenvalue weighted by atomic mass is 32.1. The largest absolute Gasteiger partial charge is 0.493 e. The summed E-state index contributed by atoms with van der Waals surface area (Å²) in [7, 11) is 0. The number of nitrogens with two attached hydrogens (primary N) is 1. The lowest BCUT2D eigenvalue weighted by molar-refractivity contribution is -0.145. The molecule has 0 bridgehead atoms. The van der Waals surface area contributed by atoms with Gasteiger partial charge in [0.05, 0.1) is 13.0 Å². The van der Waals surface area contributed by atoms with E-state index in [-0.39, 0.29) is 25.6 Å². The van der Waals surface area contributed by atoms with Gasteiger partial charge in [0.1, 0.15) is 17.4 Å². The van der Waals surface area contributed by atoms with E-state index in [1.165, 1.54) is 11.3 Å². The van der Waals surface area contributed by atoms with E-state index in [9.17, 15) is 4.79 Å². The lowest BCUT2D eigenvalue weighted by Crippen LogP contribution is -2.09. The predicted octanol–water partition coefficient (Wildman–Crippen LogP) is 2.24. The van der Waals surface area contributed by atoms with E-state index in [0.717, 1.165) is 5.01 Å². The fourth-order valence-corrected chi connectivity index (χ4v) is 1.92. The first-order chi connectivity index (χ1) is 9.24. The summed E-state index contributed by atoms with van der Waals surface area (Å²) in [6.07, 6.45) is 1.87. The molecule has 0 spiro atoms. The van der Waals surface area contributed by atoms with Gasteiger partial charge in [-0.2, -0.15) is 0 Å². The molecular formula is C13H14N2O3S. The van der Waals surface area contributed by atoms with E-state index in [4.69, 9.17) is 15.2 Å².